The van der Waals surface area contributed by atoms with Crippen LogP contribution >= 0.6 is 11.6 Å². The number of hydrogen-bond acceptors (Lipinski definition) is 6. The predicted octanol–water partition coefficient (Wildman–Crippen LogP) is 3.76. The molecule has 0 radical (unpaired) electrons. The molecular formula is C22H16ClN3O4. The third kappa shape index (κ3) is 3.40. The van der Waals surface area contributed by atoms with E-state index in [0.717, 1.165) is 0 Å². The first-order valence-corrected chi connectivity index (χ1v) is 9.37. The molecule has 1 saturated heterocycles. The fourth-order valence-corrected chi connectivity index (χ4v) is 3.45. The number of ether oxygens (including phenoxy) is 1. The maximum atomic E-state index is 13.0. The SMILES string of the molecule is COc1ccc(C2/C(=C(/O)c3ccc(Cl)cc3)C(=O)C(=O)N2c2ncccn2)cc1. The van der Waals surface area contributed by atoms with Crippen molar-refractivity contribution in [3.63, 3.8) is 0 Å². The summed E-state index contributed by atoms with van der Waals surface area (Å²) in [5.41, 5.74) is 0.905. The number of benzene rings is 2. The Morgan fingerprint density at radius 3 is 2.27 bits per heavy atom. The molecule has 1 unspecified atom stereocenters. The van der Waals surface area contributed by atoms with E-state index in [0.29, 0.717) is 21.9 Å². The Bertz CT molecular complexity index is 1130. The first-order valence-electron chi connectivity index (χ1n) is 8.99. The normalized spacial score (nSPS) is 17.9. The van der Waals surface area contributed by atoms with Gasteiger partial charge in [-0.2, -0.15) is 0 Å². The molecule has 8 heteroatoms. The molecule has 1 aliphatic rings. The predicted molar refractivity (Wildman–Crippen MR) is 111 cm³/mol. The molecule has 2 heterocycles. The molecule has 4 rings (SSSR count). The fraction of sp³-hybridized carbons (Fsp3) is 0.0909. The van der Waals surface area contributed by atoms with Gasteiger partial charge >= 0.3 is 5.91 Å². The highest BCUT2D eigenvalue weighted by Gasteiger charge is 2.48. The van der Waals surface area contributed by atoms with Crippen molar-refractivity contribution in [1.29, 1.82) is 0 Å². The van der Waals surface area contributed by atoms with Gasteiger partial charge in [0.1, 0.15) is 11.5 Å². The molecule has 0 bridgehead atoms. The molecule has 0 aliphatic carbocycles. The van der Waals surface area contributed by atoms with Crippen LogP contribution in [0.3, 0.4) is 0 Å². The number of carbonyl (C=O) groups excluding carboxylic acids is 2. The molecule has 0 spiro atoms. The Morgan fingerprint density at radius 2 is 1.67 bits per heavy atom. The van der Waals surface area contributed by atoms with Crippen LogP contribution in [0.2, 0.25) is 5.02 Å². The summed E-state index contributed by atoms with van der Waals surface area (Å²) in [4.78, 5) is 35.3. The van der Waals surface area contributed by atoms with Gasteiger partial charge in [0.25, 0.3) is 5.78 Å². The zero-order valence-corrected chi connectivity index (χ0v) is 16.6. The minimum atomic E-state index is -0.908. The van der Waals surface area contributed by atoms with Gasteiger partial charge < -0.3 is 9.84 Å². The Kier molecular flexibility index (Phi) is 5.20. The van der Waals surface area contributed by atoms with Crippen molar-refractivity contribution >= 4 is 35.0 Å². The van der Waals surface area contributed by atoms with Gasteiger partial charge in [-0.3, -0.25) is 14.5 Å². The molecule has 150 valence electrons. The summed E-state index contributed by atoms with van der Waals surface area (Å²) in [5.74, 6) is -1.27. The zero-order valence-electron chi connectivity index (χ0n) is 15.8. The number of hydrogen-bond donors (Lipinski definition) is 1. The third-order valence-corrected chi connectivity index (χ3v) is 5.01. The molecule has 1 aliphatic heterocycles. The Hall–Kier alpha value is -3.71. The molecular weight excluding hydrogens is 406 g/mol. The van der Waals surface area contributed by atoms with Gasteiger partial charge in [-0.05, 0) is 48.0 Å². The standard InChI is InChI=1S/C22H16ClN3O4/c1-30-16-9-5-13(6-10-16)18-17(19(27)14-3-7-15(23)8-4-14)20(28)21(29)26(18)22-24-11-2-12-25-22/h2-12,18,27H,1H3/b19-17-. The third-order valence-electron chi connectivity index (χ3n) is 4.76. The number of carbonyl (C=O) groups is 2. The summed E-state index contributed by atoms with van der Waals surface area (Å²) in [6.45, 7) is 0. The number of nitrogens with zero attached hydrogens (tertiary/aromatic N) is 3. The number of aromatic nitrogens is 2. The number of Topliss-reactive ketones (excluding diaryl/α,β-unsaturated/α-hetero) is 1. The second-order valence-corrected chi connectivity index (χ2v) is 6.93. The minimum absolute atomic E-state index is 0.0556. The van der Waals surface area contributed by atoms with Crippen LogP contribution in [0.5, 0.6) is 5.75 Å². The maximum Gasteiger partial charge on any atom is 0.302 e. The summed E-state index contributed by atoms with van der Waals surface area (Å²) in [6, 6.07) is 13.9. The number of amides is 1. The number of aliphatic hydroxyl groups is 1. The highest BCUT2D eigenvalue weighted by atomic mass is 35.5. The fourth-order valence-electron chi connectivity index (χ4n) is 3.32. The second-order valence-electron chi connectivity index (χ2n) is 6.50. The first-order chi connectivity index (χ1) is 14.5. The molecule has 1 fully saturated rings. The van der Waals surface area contributed by atoms with Crippen molar-refractivity contribution < 1.29 is 19.4 Å². The summed E-state index contributed by atoms with van der Waals surface area (Å²) < 4.78 is 5.19. The van der Waals surface area contributed by atoms with E-state index >= 15 is 0 Å². The molecule has 0 saturated carbocycles. The largest absolute Gasteiger partial charge is 0.507 e. The quantitative estimate of drug-likeness (QED) is 0.391. The van der Waals surface area contributed by atoms with E-state index in [2.05, 4.69) is 9.97 Å². The minimum Gasteiger partial charge on any atom is -0.507 e. The summed E-state index contributed by atoms with van der Waals surface area (Å²) in [7, 11) is 1.54. The van der Waals surface area contributed by atoms with Gasteiger partial charge in [0.05, 0.1) is 18.7 Å². The molecule has 7 nitrogen and oxygen atoms in total. The summed E-state index contributed by atoms with van der Waals surface area (Å²) in [6.07, 6.45) is 2.96. The smallest absolute Gasteiger partial charge is 0.302 e. The lowest BCUT2D eigenvalue weighted by Gasteiger charge is -2.23. The number of rotatable bonds is 4. The number of aliphatic hydroxyl groups excluding tert-OH is 1. The van der Waals surface area contributed by atoms with E-state index in [1.54, 1.807) is 61.7 Å². The van der Waals surface area contributed by atoms with Crippen molar-refractivity contribution in [3.8, 4) is 5.75 Å². The lowest BCUT2D eigenvalue weighted by molar-refractivity contribution is -0.132. The number of ketones is 1. The van der Waals surface area contributed by atoms with Gasteiger partial charge in [-0.25, -0.2) is 9.97 Å². The topological polar surface area (TPSA) is 92.6 Å². The number of halogens is 1. The average Bonchev–Trinajstić information content (AvgIpc) is 3.05. The molecule has 30 heavy (non-hydrogen) atoms. The van der Waals surface area contributed by atoms with Crippen LogP contribution in [0.1, 0.15) is 17.2 Å². The number of anilines is 1. The van der Waals surface area contributed by atoms with Gasteiger partial charge in [0.2, 0.25) is 5.95 Å². The van der Waals surface area contributed by atoms with Crippen molar-refractivity contribution in [2.45, 2.75) is 6.04 Å². The van der Waals surface area contributed by atoms with Crippen LogP contribution in [0.15, 0.2) is 72.6 Å². The van der Waals surface area contributed by atoms with Crippen LogP contribution in [0.25, 0.3) is 5.76 Å². The maximum absolute atomic E-state index is 13.0. The Morgan fingerprint density at radius 1 is 1.03 bits per heavy atom. The van der Waals surface area contributed by atoms with Crippen LogP contribution in [0.4, 0.5) is 5.95 Å². The van der Waals surface area contributed by atoms with Crippen LogP contribution < -0.4 is 9.64 Å². The van der Waals surface area contributed by atoms with E-state index in [1.165, 1.54) is 17.3 Å². The van der Waals surface area contributed by atoms with E-state index in [1.807, 2.05) is 0 Å². The molecule has 1 aromatic heterocycles. The van der Waals surface area contributed by atoms with E-state index < -0.39 is 17.7 Å². The summed E-state index contributed by atoms with van der Waals surface area (Å²) in [5, 5.41) is 11.5. The average molecular weight is 422 g/mol. The van der Waals surface area contributed by atoms with Crippen LogP contribution in [0, 0.1) is 0 Å². The van der Waals surface area contributed by atoms with Gasteiger partial charge in [-0.1, -0.05) is 23.7 Å². The highest BCUT2D eigenvalue weighted by molar-refractivity contribution is 6.51. The van der Waals surface area contributed by atoms with Gasteiger partial charge in [0.15, 0.2) is 0 Å². The first kappa shape index (κ1) is 19.6. The lowest BCUT2D eigenvalue weighted by Crippen LogP contribution is -2.31. The molecule has 1 amide bonds. The van der Waals surface area contributed by atoms with Crippen molar-refractivity contribution in [2.24, 2.45) is 0 Å². The lowest BCUT2D eigenvalue weighted by atomic mass is 9.95. The molecule has 1 N–H and O–H groups in total. The van der Waals surface area contributed by atoms with Crippen LogP contribution in [-0.4, -0.2) is 33.9 Å². The Labute approximate surface area is 177 Å². The van der Waals surface area contributed by atoms with Gasteiger partial charge in [-0.15, -0.1) is 0 Å². The molecule has 2 aromatic carbocycles. The Balaban J connectivity index is 1.92. The monoisotopic (exact) mass is 421 g/mol. The zero-order chi connectivity index (χ0) is 21.3. The molecule has 3 aromatic rings. The van der Waals surface area contributed by atoms with Gasteiger partial charge in [0, 0.05) is 23.0 Å². The highest BCUT2D eigenvalue weighted by Crippen LogP contribution is 2.41. The van der Waals surface area contributed by atoms with Crippen molar-refractivity contribution in [1.82, 2.24) is 9.97 Å². The second kappa shape index (κ2) is 7.96. The van der Waals surface area contributed by atoms with E-state index in [-0.39, 0.29) is 17.3 Å². The van der Waals surface area contributed by atoms with Crippen molar-refractivity contribution in [2.75, 3.05) is 12.0 Å². The number of methoxy groups -OCH3 is 1. The summed E-state index contributed by atoms with van der Waals surface area (Å²) >= 11 is 5.93. The van der Waals surface area contributed by atoms with Crippen LogP contribution in [-0.2, 0) is 9.59 Å². The van der Waals surface area contributed by atoms with E-state index in [9.17, 15) is 14.7 Å². The van der Waals surface area contributed by atoms with Crippen molar-refractivity contribution in [3.05, 3.63) is 88.7 Å². The molecule has 1 atom stereocenters. The van der Waals surface area contributed by atoms with E-state index in [4.69, 9.17) is 16.3 Å².